The quantitative estimate of drug-likeness (QED) is 0.329. The van der Waals surface area contributed by atoms with Crippen LogP contribution >= 0.6 is 12.4 Å². The molecular formula is C23H30ClN4O3-. The molecule has 0 spiro atoms. The number of carbonyl (C=O) groups is 1. The highest BCUT2D eigenvalue weighted by atomic mass is 35.5. The van der Waals surface area contributed by atoms with Gasteiger partial charge in [-0.05, 0) is 67.3 Å². The van der Waals surface area contributed by atoms with Crippen molar-refractivity contribution in [2.75, 3.05) is 11.9 Å². The summed E-state index contributed by atoms with van der Waals surface area (Å²) in [5.74, 6) is -0.631. The molecule has 1 fully saturated rings. The number of carboxylic acid groups (broad SMARTS) is 1. The van der Waals surface area contributed by atoms with Gasteiger partial charge in [-0.2, -0.15) is 0 Å². The maximum atomic E-state index is 11.9. The van der Waals surface area contributed by atoms with E-state index in [1.165, 1.54) is 25.7 Å². The summed E-state index contributed by atoms with van der Waals surface area (Å²) >= 11 is 0. The van der Waals surface area contributed by atoms with E-state index in [1.807, 2.05) is 19.1 Å². The van der Waals surface area contributed by atoms with Crippen LogP contribution in [0.25, 0.3) is 0 Å². The molecule has 1 aliphatic rings. The molecule has 1 saturated carbocycles. The number of carbonyl (C=O) groups excluding carboxylic acids is 1. The molecule has 168 valence electrons. The Labute approximate surface area is 189 Å². The molecule has 2 aromatic carbocycles. The summed E-state index contributed by atoms with van der Waals surface area (Å²) in [7, 11) is 0. The van der Waals surface area contributed by atoms with Gasteiger partial charge in [0.05, 0.1) is 18.6 Å². The maximum Gasteiger partial charge on any atom is 0.122 e. The highest BCUT2D eigenvalue weighted by Crippen LogP contribution is 2.26. The molecule has 5 N–H and O–H groups in total. The Morgan fingerprint density at radius 1 is 1.23 bits per heavy atom. The van der Waals surface area contributed by atoms with Gasteiger partial charge in [0.1, 0.15) is 11.6 Å². The number of rotatable bonds is 10. The minimum atomic E-state index is -1.23. The molecule has 0 saturated heterocycles. The molecule has 0 aliphatic heterocycles. The summed E-state index contributed by atoms with van der Waals surface area (Å²) in [6.45, 7) is 3.05. The lowest BCUT2D eigenvalue weighted by Gasteiger charge is -2.23. The average molecular weight is 446 g/mol. The highest BCUT2D eigenvalue weighted by molar-refractivity contribution is 5.95. The SMILES string of the molecule is CCOc1cc(CNC2CCCC2)cc(C(Nc2ccc(C(=N)N)cc2)C(=O)[O-])c1.Cl. The fraction of sp³-hybridized carbons (Fsp3) is 0.391. The number of aliphatic carboxylic acids is 1. The van der Waals surface area contributed by atoms with Crippen LogP contribution in [0.15, 0.2) is 42.5 Å². The van der Waals surface area contributed by atoms with Crippen LogP contribution in [0.4, 0.5) is 5.69 Å². The van der Waals surface area contributed by atoms with Gasteiger partial charge in [0.25, 0.3) is 0 Å². The maximum absolute atomic E-state index is 11.9. The van der Waals surface area contributed by atoms with Gasteiger partial charge in [0.15, 0.2) is 0 Å². The first-order chi connectivity index (χ1) is 14.5. The molecule has 1 unspecified atom stereocenters. The van der Waals surface area contributed by atoms with Crippen molar-refractivity contribution in [1.82, 2.24) is 5.32 Å². The van der Waals surface area contributed by atoms with E-state index in [2.05, 4.69) is 10.6 Å². The zero-order valence-corrected chi connectivity index (χ0v) is 18.5. The van der Waals surface area contributed by atoms with Crippen molar-refractivity contribution < 1.29 is 14.6 Å². The van der Waals surface area contributed by atoms with Gasteiger partial charge in [-0.15, -0.1) is 12.4 Å². The molecule has 3 rings (SSSR count). The van der Waals surface area contributed by atoms with Crippen LogP contribution in [0, 0.1) is 5.41 Å². The number of carboxylic acids is 1. The lowest BCUT2D eigenvalue weighted by Crippen LogP contribution is -2.34. The lowest BCUT2D eigenvalue weighted by atomic mass is 10.0. The van der Waals surface area contributed by atoms with Crippen molar-refractivity contribution in [3.63, 3.8) is 0 Å². The Bertz CT molecular complexity index is 883. The zero-order valence-electron chi connectivity index (χ0n) is 17.6. The Hall–Kier alpha value is -2.77. The topological polar surface area (TPSA) is 123 Å². The number of hydrogen-bond donors (Lipinski definition) is 4. The number of anilines is 1. The third-order valence-electron chi connectivity index (χ3n) is 5.33. The summed E-state index contributed by atoms with van der Waals surface area (Å²) in [4.78, 5) is 11.9. The summed E-state index contributed by atoms with van der Waals surface area (Å²) in [6.07, 6.45) is 4.86. The van der Waals surface area contributed by atoms with E-state index >= 15 is 0 Å². The fourth-order valence-electron chi connectivity index (χ4n) is 3.79. The second-order valence-corrected chi connectivity index (χ2v) is 7.59. The van der Waals surface area contributed by atoms with Gasteiger partial charge in [0.2, 0.25) is 0 Å². The van der Waals surface area contributed by atoms with E-state index in [1.54, 1.807) is 30.3 Å². The molecule has 0 heterocycles. The van der Waals surface area contributed by atoms with Crippen LogP contribution in [0.3, 0.4) is 0 Å². The minimum absolute atomic E-state index is 0. The monoisotopic (exact) mass is 445 g/mol. The van der Waals surface area contributed by atoms with Crippen molar-refractivity contribution >= 4 is 29.9 Å². The Kier molecular flexibility index (Phi) is 9.15. The molecular weight excluding hydrogens is 416 g/mol. The van der Waals surface area contributed by atoms with Gasteiger partial charge in [-0.1, -0.05) is 18.9 Å². The van der Waals surface area contributed by atoms with Gasteiger partial charge in [-0.3, -0.25) is 5.41 Å². The second kappa shape index (κ2) is 11.6. The molecule has 7 nitrogen and oxygen atoms in total. The molecule has 0 radical (unpaired) electrons. The average Bonchev–Trinajstić information content (AvgIpc) is 3.24. The van der Waals surface area contributed by atoms with E-state index in [0.717, 1.165) is 5.56 Å². The summed E-state index contributed by atoms with van der Waals surface area (Å²) < 4.78 is 5.67. The highest BCUT2D eigenvalue weighted by Gasteiger charge is 2.17. The van der Waals surface area contributed by atoms with Crippen LogP contribution in [0.2, 0.25) is 0 Å². The van der Waals surface area contributed by atoms with Crippen LogP contribution in [-0.2, 0) is 11.3 Å². The predicted molar refractivity (Wildman–Crippen MR) is 123 cm³/mol. The molecule has 8 heteroatoms. The Morgan fingerprint density at radius 3 is 2.48 bits per heavy atom. The van der Waals surface area contributed by atoms with Gasteiger partial charge >= 0.3 is 0 Å². The van der Waals surface area contributed by atoms with Gasteiger partial charge in [0, 0.05) is 23.8 Å². The molecule has 0 aromatic heterocycles. The van der Waals surface area contributed by atoms with Crippen LogP contribution in [0.1, 0.15) is 55.3 Å². The summed E-state index contributed by atoms with van der Waals surface area (Å²) in [6, 6.07) is 11.8. The van der Waals surface area contributed by atoms with Crippen molar-refractivity contribution in [2.45, 2.75) is 51.2 Å². The Morgan fingerprint density at radius 2 is 1.90 bits per heavy atom. The molecule has 31 heavy (non-hydrogen) atoms. The number of nitrogens with two attached hydrogens (primary N) is 1. The number of amidine groups is 1. The lowest BCUT2D eigenvalue weighted by molar-refractivity contribution is -0.307. The van der Waals surface area contributed by atoms with Crippen molar-refractivity contribution in [1.29, 1.82) is 5.41 Å². The minimum Gasteiger partial charge on any atom is -0.548 e. The Balaban J connectivity index is 0.00000341. The van der Waals surface area contributed by atoms with Crippen molar-refractivity contribution in [3.8, 4) is 5.75 Å². The van der Waals surface area contributed by atoms with E-state index in [4.69, 9.17) is 15.9 Å². The van der Waals surface area contributed by atoms with Gasteiger partial charge in [-0.25, -0.2) is 0 Å². The first-order valence-electron chi connectivity index (χ1n) is 10.4. The van der Waals surface area contributed by atoms with Crippen molar-refractivity contribution in [3.05, 3.63) is 59.2 Å². The summed E-state index contributed by atoms with van der Waals surface area (Å²) in [5, 5.41) is 26.0. The number of nitrogen functional groups attached to an aromatic ring is 1. The van der Waals surface area contributed by atoms with E-state index in [-0.39, 0.29) is 18.2 Å². The third kappa shape index (κ3) is 6.87. The first kappa shape index (κ1) is 24.5. The molecule has 1 atom stereocenters. The smallest absolute Gasteiger partial charge is 0.122 e. The van der Waals surface area contributed by atoms with Crippen LogP contribution in [-0.4, -0.2) is 24.5 Å². The second-order valence-electron chi connectivity index (χ2n) is 7.59. The normalized spacial score (nSPS) is 14.5. The molecule has 0 bridgehead atoms. The summed E-state index contributed by atoms with van der Waals surface area (Å²) in [5.41, 5.74) is 8.19. The predicted octanol–water partition coefficient (Wildman–Crippen LogP) is 2.73. The fourth-order valence-corrected chi connectivity index (χ4v) is 3.79. The molecule has 2 aromatic rings. The number of nitrogens with one attached hydrogen (secondary N) is 3. The van der Waals surface area contributed by atoms with Crippen LogP contribution in [0.5, 0.6) is 5.75 Å². The third-order valence-corrected chi connectivity index (χ3v) is 5.33. The van der Waals surface area contributed by atoms with E-state index in [0.29, 0.717) is 41.8 Å². The number of benzene rings is 2. The first-order valence-corrected chi connectivity index (χ1v) is 10.4. The van der Waals surface area contributed by atoms with E-state index in [9.17, 15) is 9.90 Å². The largest absolute Gasteiger partial charge is 0.548 e. The molecule has 1 aliphatic carbocycles. The van der Waals surface area contributed by atoms with Crippen LogP contribution < -0.4 is 26.2 Å². The molecule has 0 amide bonds. The number of ether oxygens (including phenoxy) is 1. The van der Waals surface area contributed by atoms with Crippen molar-refractivity contribution in [2.24, 2.45) is 5.73 Å². The number of hydrogen-bond acceptors (Lipinski definition) is 6. The standard InChI is InChI=1S/C23H30N4O3.ClH/c1-2-30-20-12-15(14-26-18-5-3-4-6-18)11-17(13-20)21(23(28)29)27-19-9-7-16(8-10-19)22(24)25;/h7-13,18,21,26-27H,2-6,14H2,1H3,(H3,24,25)(H,28,29);1H/p-1. The van der Waals surface area contributed by atoms with Gasteiger partial charge < -0.3 is 31.0 Å². The number of halogens is 1. The van der Waals surface area contributed by atoms with E-state index < -0.39 is 12.0 Å². The zero-order chi connectivity index (χ0) is 21.5.